The highest BCUT2D eigenvalue weighted by molar-refractivity contribution is 5.93. The molecule has 114 valence electrons. The molecular weight excluding hydrogens is 284 g/mol. The van der Waals surface area contributed by atoms with Crippen LogP contribution in [0, 0.1) is 6.92 Å². The van der Waals surface area contributed by atoms with Crippen molar-refractivity contribution in [3.63, 3.8) is 0 Å². The summed E-state index contributed by atoms with van der Waals surface area (Å²) >= 11 is 0. The normalized spacial score (nSPS) is 18.5. The van der Waals surface area contributed by atoms with Crippen LogP contribution in [0.1, 0.15) is 34.5 Å². The number of carbonyl (C=O) groups is 2. The first-order valence-electron chi connectivity index (χ1n) is 7.00. The number of imidazole rings is 1. The number of hydrogen-bond donors (Lipinski definition) is 0. The van der Waals surface area contributed by atoms with E-state index >= 15 is 0 Å². The summed E-state index contributed by atoms with van der Waals surface area (Å²) in [5, 5.41) is 0. The molecule has 0 amide bonds. The van der Waals surface area contributed by atoms with Crippen LogP contribution in [-0.2, 0) is 16.6 Å². The molecule has 2 aromatic rings. The number of ether oxygens (including phenoxy) is 1. The highest BCUT2D eigenvalue weighted by Crippen LogP contribution is 2.31. The van der Waals surface area contributed by atoms with Gasteiger partial charge in [-0.05, 0) is 25.1 Å². The lowest BCUT2D eigenvalue weighted by Gasteiger charge is -2.19. The number of esters is 1. The van der Waals surface area contributed by atoms with Gasteiger partial charge in [0.25, 0.3) is 0 Å². The van der Waals surface area contributed by atoms with Crippen molar-refractivity contribution in [2.75, 3.05) is 0 Å². The summed E-state index contributed by atoms with van der Waals surface area (Å²) in [7, 11) is 1.77. The molecule has 6 nitrogen and oxygen atoms in total. The number of ketones is 1. The summed E-state index contributed by atoms with van der Waals surface area (Å²) in [5.41, 5.74) is 0. The minimum atomic E-state index is -0.498. The lowest BCUT2D eigenvalue weighted by atomic mass is 9.93. The van der Waals surface area contributed by atoms with Gasteiger partial charge in [-0.1, -0.05) is 0 Å². The zero-order valence-electron chi connectivity index (χ0n) is 12.4. The molecular formula is C16H16N2O4. The van der Waals surface area contributed by atoms with Gasteiger partial charge in [-0.25, -0.2) is 9.78 Å². The van der Waals surface area contributed by atoms with E-state index in [0.29, 0.717) is 11.6 Å². The molecule has 0 aliphatic carbocycles. The summed E-state index contributed by atoms with van der Waals surface area (Å²) in [6.07, 6.45) is 5.99. The molecule has 0 aromatic carbocycles. The zero-order valence-corrected chi connectivity index (χ0v) is 12.4. The molecule has 2 aromatic heterocycles. The fraction of sp³-hybridized carbons (Fsp3) is 0.312. The molecule has 0 spiro atoms. The van der Waals surface area contributed by atoms with Gasteiger partial charge in [0.15, 0.2) is 11.6 Å². The quantitative estimate of drug-likeness (QED) is 0.625. The Bertz CT molecular complexity index is 741. The van der Waals surface area contributed by atoms with Crippen LogP contribution in [0.5, 0.6) is 0 Å². The van der Waals surface area contributed by atoms with Crippen LogP contribution in [-0.4, -0.2) is 27.4 Å². The number of Topliss-reactive ketones (excluding diaryl/α,β-unsaturated/α-hetero) is 1. The first-order valence-corrected chi connectivity index (χ1v) is 7.00. The third-order valence-electron chi connectivity index (χ3n) is 3.67. The first-order chi connectivity index (χ1) is 10.5. The van der Waals surface area contributed by atoms with Crippen molar-refractivity contribution in [3.8, 4) is 0 Å². The predicted octanol–water partition coefficient (Wildman–Crippen LogP) is 2.16. The van der Waals surface area contributed by atoms with Crippen molar-refractivity contribution in [2.45, 2.75) is 25.4 Å². The summed E-state index contributed by atoms with van der Waals surface area (Å²) in [6, 6.07) is 3.64. The molecule has 0 saturated carbocycles. The van der Waals surface area contributed by atoms with Gasteiger partial charge in [0.05, 0.1) is 5.92 Å². The van der Waals surface area contributed by atoms with Gasteiger partial charge in [0.2, 0.25) is 0 Å². The van der Waals surface area contributed by atoms with Crippen molar-refractivity contribution < 1.29 is 18.7 Å². The summed E-state index contributed by atoms with van der Waals surface area (Å²) in [6.45, 7) is 1.83. The monoisotopic (exact) mass is 300 g/mol. The number of rotatable bonds is 5. The van der Waals surface area contributed by atoms with Gasteiger partial charge in [0.1, 0.15) is 17.6 Å². The van der Waals surface area contributed by atoms with Crippen molar-refractivity contribution in [3.05, 3.63) is 54.0 Å². The highest BCUT2D eigenvalue weighted by Gasteiger charge is 2.33. The largest absolute Gasteiger partial charge is 0.466 e. The van der Waals surface area contributed by atoms with E-state index in [4.69, 9.17) is 9.15 Å². The van der Waals surface area contributed by atoms with Crippen LogP contribution in [0.25, 0.3) is 0 Å². The Labute approximate surface area is 127 Å². The Balaban J connectivity index is 1.86. The molecule has 1 aliphatic rings. The van der Waals surface area contributed by atoms with Crippen LogP contribution < -0.4 is 0 Å². The standard InChI is InChI=1S/C16H16N2O4/c1-10-3-4-13(21-10)11(14-5-6-15(20)22-14)9-12(19)16-17-7-8-18(16)2/h3-8,11,14H,9H2,1-2H3/t11-,14-/m1/s1. The van der Waals surface area contributed by atoms with Gasteiger partial charge in [-0.3, -0.25) is 4.79 Å². The van der Waals surface area contributed by atoms with E-state index in [1.807, 2.05) is 19.1 Å². The number of furan rings is 1. The molecule has 6 heteroatoms. The maximum absolute atomic E-state index is 12.5. The summed E-state index contributed by atoms with van der Waals surface area (Å²) < 4.78 is 12.6. The molecule has 3 rings (SSSR count). The van der Waals surface area contributed by atoms with Crippen molar-refractivity contribution in [1.29, 1.82) is 0 Å². The minimum Gasteiger partial charge on any atom is -0.466 e. The second kappa shape index (κ2) is 5.63. The number of carbonyl (C=O) groups excluding carboxylic acids is 2. The maximum Gasteiger partial charge on any atom is 0.331 e. The molecule has 0 unspecified atom stereocenters. The third-order valence-corrected chi connectivity index (χ3v) is 3.67. The van der Waals surface area contributed by atoms with Gasteiger partial charge in [0, 0.05) is 31.9 Å². The molecule has 22 heavy (non-hydrogen) atoms. The number of hydrogen-bond acceptors (Lipinski definition) is 5. The Morgan fingerprint density at radius 1 is 1.45 bits per heavy atom. The minimum absolute atomic E-state index is 0.122. The van der Waals surface area contributed by atoms with Crippen LogP contribution in [0.3, 0.4) is 0 Å². The van der Waals surface area contributed by atoms with Gasteiger partial charge in [-0.2, -0.15) is 0 Å². The number of aromatic nitrogens is 2. The van der Waals surface area contributed by atoms with E-state index in [1.165, 1.54) is 6.08 Å². The maximum atomic E-state index is 12.5. The Morgan fingerprint density at radius 3 is 2.82 bits per heavy atom. The Hall–Kier alpha value is -2.63. The summed E-state index contributed by atoms with van der Waals surface area (Å²) in [4.78, 5) is 27.9. The molecule has 3 heterocycles. The zero-order chi connectivity index (χ0) is 15.7. The van der Waals surface area contributed by atoms with E-state index in [0.717, 1.165) is 5.76 Å². The van der Waals surface area contributed by atoms with Crippen molar-refractivity contribution in [2.24, 2.45) is 7.05 Å². The molecule has 0 N–H and O–H groups in total. The van der Waals surface area contributed by atoms with E-state index < -0.39 is 12.1 Å². The van der Waals surface area contributed by atoms with Crippen LogP contribution in [0.15, 0.2) is 41.1 Å². The van der Waals surface area contributed by atoms with E-state index in [1.54, 1.807) is 30.1 Å². The lowest BCUT2D eigenvalue weighted by Crippen LogP contribution is -2.22. The smallest absolute Gasteiger partial charge is 0.331 e. The Morgan fingerprint density at radius 2 is 2.27 bits per heavy atom. The molecule has 0 bridgehead atoms. The fourth-order valence-corrected chi connectivity index (χ4v) is 2.56. The molecule has 0 saturated heterocycles. The topological polar surface area (TPSA) is 74.3 Å². The third kappa shape index (κ3) is 2.72. The first kappa shape index (κ1) is 14.3. The van der Waals surface area contributed by atoms with E-state index in [2.05, 4.69) is 4.98 Å². The molecule has 0 fully saturated rings. The number of cyclic esters (lactones) is 1. The number of aryl methyl sites for hydroxylation is 2. The second-order valence-electron chi connectivity index (χ2n) is 5.30. The second-order valence-corrected chi connectivity index (χ2v) is 5.30. The average Bonchev–Trinajstić information content (AvgIpc) is 3.18. The van der Waals surface area contributed by atoms with Gasteiger partial charge >= 0.3 is 5.97 Å². The highest BCUT2D eigenvalue weighted by atomic mass is 16.5. The van der Waals surface area contributed by atoms with Crippen molar-refractivity contribution in [1.82, 2.24) is 9.55 Å². The average molecular weight is 300 g/mol. The lowest BCUT2D eigenvalue weighted by molar-refractivity contribution is -0.139. The van der Waals surface area contributed by atoms with Crippen molar-refractivity contribution >= 4 is 11.8 Å². The molecule has 1 aliphatic heterocycles. The molecule has 0 radical (unpaired) electrons. The van der Waals surface area contributed by atoms with Gasteiger partial charge in [-0.15, -0.1) is 0 Å². The molecule has 2 atom stereocenters. The van der Waals surface area contributed by atoms with Crippen LogP contribution >= 0.6 is 0 Å². The van der Waals surface area contributed by atoms with Crippen LogP contribution in [0.2, 0.25) is 0 Å². The SMILES string of the molecule is Cc1ccc([C@@H](CC(=O)c2nccn2C)[C@H]2C=CC(=O)O2)o1. The van der Waals surface area contributed by atoms with E-state index in [9.17, 15) is 9.59 Å². The van der Waals surface area contributed by atoms with Crippen LogP contribution in [0.4, 0.5) is 0 Å². The fourth-order valence-electron chi connectivity index (χ4n) is 2.56. The Kier molecular flexibility index (Phi) is 3.66. The predicted molar refractivity (Wildman–Crippen MR) is 77.4 cm³/mol. The number of nitrogens with zero attached hydrogens (tertiary/aromatic N) is 2. The summed E-state index contributed by atoms with van der Waals surface area (Å²) in [5.74, 6) is 0.870. The van der Waals surface area contributed by atoms with Gasteiger partial charge < -0.3 is 13.7 Å². The van der Waals surface area contributed by atoms with E-state index in [-0.39, 0.29) is 18.1 Å².